The van der Waals surface area contributed by atoms with Crippen molar-refractivity contribution in [2.45, 2.75) is 25.8 Å². The molecule has 8 heteroatoms. The van der Waals surface area contributed by atoms with Crippen LogP contribution in [-0.4, -0.2) is 33.0 Å². The number of amides is 2. The summed E-state index contributed by atoms with van der Waals surface area (Å²) in [6.45, 7) is 2.44. The Labute approximate surface area is 164 Å². The summed E-state index contributed by atoms with van der Waals surface area (Å²) in [6.07, 6.45) is 2.42. The molecule has 2 aromatic rings. The Kier molecular flexibility index (Phi) is 5.69. The van der Waals surface area contributed by atoms with Gasteiger partial charge in [0, 0.05) is 24.2 Å². The van der Waals surface area contributed by atoms with Gasteiger partial charge in [0.2, 0.25) is 15.9 Å². The predicted octanol–water partition coefficient (Wildman–Crippen LogP) is 2.68. The van der Waals surface area contributed by atoms with Crippen LogP contribution in [0.4, 0.5) is 11.4 Å². The van der Waals surface area contributed by atoms with Crippen LogP contribution in [0.3, 0.4) is 0 Å². The number of benzene rings is 2. The fraction of sp³-hybridized carbons (Fsp3) is 0.300. The first-order chi connectivity index (χ1) is 13.2. The molecular weight excluding hydrogens is 378 g/mol. The molecule has 1 saturated heterocycles. The molecular formula is C20H23N3O4S. The van der Waals surface area contributed by atoms with E-state index < -0.39 is 16.1 Å². The van der Waals surface area contributed by atoms with Crippen molar-refractivity contribution in [1.82, 2.24) is 5.32 Å². The third-order valence-electron chi connectivity index (χ3n) is 4.56. The highest BCUT2D eigenvalue weighted by Gasteiger charge is 2.23. The number of hydrogen-bond donors (Lipinski definition) is 2. The smallest absolute Gasteiger partial charge is 0.251 e. The highest BCUT2D eigenvalue weighted by molar-refractivity contribution is 7.92. The van der Waals surface area contributed by atoms with Gasteiger partial charge < -0.3 is 10.2 Å². The first kappa shape index (κ1) is 19.9. The Hall–Kier alpha value is -2.87. The maximum Gasteiger partial charge on any atom is 0.251 e. The number of anilines is 2. The highest BCUT2D eigenvalue weighted by atomic mass is 32.2. The quantitative estimate of drug-likeness (QED) is 0.778. The monoisotopic (exact) mass is 401 g/mol. The molecule has 0 spiro atoms. The van der Waals surface area contributed by atoms with Gasteiger partial charge in [-0.3, -0.25) is 14.3 Å². The number of sulfonamides is 1. The second-order valence-corrected chi connectivity index (χ2v) is 8.60. The van der Waals surface area contributed by atoms with E-state index in [2.05, 4.69) is 10.0 Å². The van der Waals surface area contributed by atoms with Crippen molar-refractivity contribution in [1.29, 1.82) is 0 Å². The Balaban J connectivity index is 1.78. The van der Waals surface area contributed by atoms with E-state index >= 15 is 0 Å². The number of para-hydroxylation sites is 1. The number of nitrogens with one attached hydrogen (secondary N) is 2. The molecule has 1 unspecified atom stereocenters. The topological polar surface area (TPSA) is 95.6 Å². The van der Waals surface area contributed by atoms with E-state index in [4.69, 9.17) is 0 Å². The fourth-order valence-corrected chi connectivity index (χ4v) is 3.85. The lowest BCUT2D eigenvalue weighted by Crippen LogP contribution is -2.28. The minimum atomic E-state index is -3.43. The lowest BCUT2D eigenvalue weighted by molar-refractivity contribution is -0.117. The van der Waals surface area contributed by atoms with Crippen LogP contribution in [0.1, 0.15) is 41.7 Å². The largest absolute Gasteiger partial charge is 0.345 e. The standard InChI is InChI=1S/C20H23N3O4S/c1-14(17-9-3-4-10-18(17)22-28(2,26)27)21-20(25)15-7-5-8-16(13-15)23-12-6-11-19(23)24/h3-5,7-10,13-14,22H,6,11-12H2,1-2H3,(H,21,25). The van der Waals surface area contributed by atoms with Crippen LogP contribution in [0.2, 0.25) is 0 Å². The van der Waals surface area contributed by atoms with E-state index in [9.17, 15) is 18.0 Å². The molecule has 0 aromatic heterocycles. The summed E-state index contributed by atoms with van der Waals surface area (Å²) in [5.74, 6) is -0.234. The van der Waals surface area contributed by atoms with Gasteiger partial charge in [0.15, 0.2) is 0 Å². The third-order valence-corrected chi connectivity index (χ3v) is 5.15. The second-order valence-electron chi connectivity index (χ2n) is 6.86. The Morgan fingerprint density at radius 1 is 1.14 bits per heavy atom. The Morgan fingerprint density at radius 3 is 2.57 bits per heavy atom. The molecule has 0 bridgehead atoms. The van der Waals surface area contributed by atoms with Crippen molar-refractivity contribution in [3.8, 4) is 0 Å². The minimum Gasteiger partial charge on any atom is -0.345 e. The average Bonchev–Trinajstić information content (AvgIpc) is 3.07. The van der Waals surface area contributed by atoms with Crippen LogP contribution in [0.25, 0.3) is 0 Å². The van der Waals surface area contributed by atoms with E-state index in [0.29, 0.717) is 35.5 Å². The zero-order valence-electron chi connectivity index (χ0n) is 15.8. The SMILES string of the molecule is CC(NC(=O)c1cccc(N2CCCC2=O)c1)c1ccccc1NS(C)(=O)=O. The summed E-state index contributed by atoms with van der Waals surface area (Å²) >= 11 is 0. The van der Waals surface area contributed by atoms with Crippen molar-refractivity contribution in [3.63, 3.8) is 0 Å². The van der Waals surface area contributed by atoms with Crippen LogP contribution >= 0.6 is 0 Å². The number of nitrogens with zero attached hydrogens (tertiary/aromatic N) is 1. The molecule has 1 aliphatic rings. The molecule has 1 heterocycles. The van der Waals surface area contributed by atoms with E-state index in [1.54, 1.807) is 54.3 Å². The van der Waals surface area contributed by atoms with Crippen LogP contribution in [0.15, 0.2) is 48.5 Å². The molecule has 2 N–H and O–H groups in total. The van der Waals surface area contributed by atoms with Gasteiger partial charge in [0.05, 0.1) is 18.0 Å². The maximum absolute atomic E-state index is 12.7. The van der Waals surface area contributed by atoms with E-state index in [1.807, 2.05) is 6.07 Å². The van der Waals surface area contributed by atoms with E-state index in [0.717, 1.165) is 12.7 Å². The molecule has 1 atom stereocenters. The number of rotatable bonds is 6. The molecule has 1 fully saturated rings. The molecule has 0 aliphatic carbocycles. The first-order valence-corrected chi connectivity index (χ1v) is 10.9. The van der Waals surface area contributed by atoms with Gasteiger partial charge in [-0.25, -0.2) is 8.42 Å². The van der Waals surface area contributed by atoms with Crippen molar-refractivity contribution < 1.29 is 18.0 Å². The summed E-state index contributed by atoms with van der Waals surface area (Å²) < 4.78 is 25.6. The summed E-state index contributed by atoms with van der Waals surface area (Å²) in [5, 5.41) is 2.89. The summed E-state index contributed by atoms with van der Waals surface area (Å²) in [4.78, 5) is 26.3. The van der Waals surface area contributed by atoms with Crippen molar-refractivity contribution >= 4 is 33.2 Å². The minimum absolute atomic E-state index is 0.0618. The third kappa shape index (κ3) is 4.69. The molecule has 3 rings (SSSR count). The average molecular weight is 401 g/mol. The highest BCUT2D eigenvalue weighted by Crippen LogP contribution is 2.25. The number of carbonyl (C=O) groups is 2. The van der Waals surface area contributed by atoms with Gasteiger partial charge in [-0.05, 0) is 43.2 Å². The Morgan fingerprint density at radius 2 is 1.89 bits per heavy atom. The van der Waals surface area contributed by atoms with Crippen LogP contribution in [0, 0.1) is 0 Å². The fourth-order valence-electron chi connectivity index (χ4n) is 3.26. The number of carbonyl (C=O) groups excluding carboxylic acids is 2. The van der Waals surface area contributed by atoms with Gasteiger partial charge in [-0.2, -0.15) is 0 Å². The van der Waals surface area contributed by atoms with Gasteiger partial charge in [-0.1, -0.05) is 24.3 Å². The van der Waals surface area contributed by atoms with Crippen LogP contribution in [-0.2, 0) is 14.8 Å². The maximum atomic E-state index is 12.7. The van der Waals surface area contributed by atoms with Gasteiger partial charge in [-0.15, -0.1) is 0 Å². The zero-order valence-corrected chi connectivity index (χ0v) is 16.6. The predicted molar refractivity (Wildman–Crippen MR) is 109 cm³/mol. The molecule has 2 aromatic carbocycles. The second kappa shape index (κ2) is 8.02. The van der Waals surface area contributed by atoms with E-state index in [-0.39, 0.29) is 11.8 Å². The van der Waals surface area contributed by atoms with Crippen LogP contribution < -0.4 is 14.9 Å². The summed E-state index contributed by atoms with van der Waals surface area (Å²) in [6, 6.07) is 13.5. The van der Waals surface area contributed by atoms with Crippen LogP contribution in [0.5, 0.6) is 0 Å². The zero-order chi connectivity index (χ0) is 20.3. The molecule has 28 heavy (non-hydrogen) atoms. The van der Waals surface area contributed by atoms with Gasteiger partial charge in [0.25, 0.3) is 5.91 Å². The number of hydrogen-bond acceptors (Lipinski definition) is 4. The summed E-state index contributed by atoms with van der Waals surface area (Å²) in [5.41, 5.74) is 2.24. The lowest BCUT2D eigenvalue weighted by atomic mass is 10.1. The first-order valence-electron chi connectivity index (χ1n) is 9.02. The van der Waals surface area contributed by atoms with Crippen molar-refractivity contribution in [2.24, 2.45) is 0 Å². The molecule has 0 radical (unpaired) electrons. The van der Waals surface area contributed by atoms with Crippen molar-refractivity contribution in [3.05, 3.63) is 59.7 Å². The summed E-state index contributed by atoms with van der Waals surface area (Å²) in [7, 11) is -3.43. The Bertz CT molecular complexity index is 1000. The van der Waals surface area contributed by atoms with Gasteiger partial charge >= 0.3 is 0 Å². The lowest BCUT2D eigenvalue weighted by Gasteiger charge is -2.19. The normalized spacial score (nSPS) is 15.4. The molecule has 1 aliphatic heterocycles. The van der Waals surface area contributed by atoms with E-state index in [1.165, 1.54) is 0 Å². The molecule has 148 valence electrons. The van der Waals surface area contributed by atoms with Gasteiger partial charge in [0.1, 0.15) is 0 Å². The molecule has 0 saturated carbocycles. The van der Waals surface area contributed by atoms with Crippen molar-refractivity contribution in [2.75, 3.05) is 22.4 Å². The molecule has 2 amide bonds. The molecule has 7 nitrogen and oxygen atoms in total.